The van der Waals surface area contributed by atoms with Crippen LogP contribution in [0.3, 0.4) is 0 Å². The molecule has 1 aromatic heterocycles. The molecule has 1 heterocycles. The van der Waals surface area contributed by atoms with Gasteiger partial charge in [-0.05, 0) is 32.6 Å². The third-order valence-corrected chi connectivity index (χ3v) is 2.75. The zero-order valence-corrected chi connectivity index (χ0v) is 11.9. The molecule has 1 amide bonds. The molecule has 6 nitrogen and oxygen atoms in total. The summed E-state index contributed by atoms with van der Waals surface area (Å²) in [4.78, 5) is 20.4. The van der Waals surface area contributed by atoms with E-state index in [9.17, 15) is 4.79 Å². The molecule has 0 saturated heterocycles. The van der Waals surface area contributed by atoms with Crippen molar-refractivity contribution in [2.45, 2.75) is 13.3 Å². The maximum Gasteiger partial charge on any atom is 0.254 e. The van der Waals surface area contributed by atoms with Crippen LogP contribution in [0.25, 0.3) is 0 Å². The van der Waals surface area contributed by atoms with Gasteiger partial charge in [0.05, 0.1) is 0 Å². The van der Waals surface area contributed by atoms with Gasteiger partial charge in [-0.2, -0.15) is 0 Å². The van der Waals surface area contributed by atoms with Crippen molar-refractivity contribution in [3.05, 3.63) is 23.9 Å². The smallest absolute Gasteiger partial charge is 0.254 e. The van der Waals surface area contributed by atoms with Crippen LogP contribution in [0, 0.1) is 0 Å². The number of nitrogens with one attached hydrogen (secondary N) is 1. The summed E-state index contributed by atoms with van der Waals surface area (Å²) in [6.07, 6.45) is 2.52. The maximum absolute atomic E-state index is 12.4. The van der Waals surface area contributed by atoms with Crippen LogP contribution >= 0.6 is 0 Å². The standard InChI is InChI=1S/C13H23N5O/c1-4-7-18(9-8-17(2)3)13(19)11-5-6-15-12(10-11)16-14/h5-6,10H,4,7-9,14H2,1-3H3,(H,15,16). The van der Waals surface area contributed by atoms with Crippen molar-refractivity contribution in [2.24, 2.45) is 5.84 Å². The van der Waals surface area contributed by atoms with Crippen molar-refractivity contribution >= 4 is 11.7 Å². The molecule has 0 unspecified atom stereocenters. The number of nitrogen functional groups attached to an aromatic ring is 1. The van der Waals surface area contributed by atoms with Crippen LogP contribution in [0.2, 0.25) is 0 Å². The zero-order valence-electron chi connectivity index (χ0n) is 11.9. The molecule has 106 valence electrons. The summed E-state index contributed by atoms with van der Waals surface area (Å²) < 4.78 is 0. The molecule has 0 aromatic carbocycles. The fraction of sp³-hybridized carbons (Fsp3) is 0.538. The number of aromatic nitrogens is 1. The Morgan fingerprint density at radius 2 is 2.11 bits per heavy atom. The topological polar surface area (TPSA) is 74.5 Å². The van der Waals surface area contributed by atoms with E-state index in [1.54, 1.807) is 18.3 Å². The van der Waals surface area contributed by atoms with Crippen LogP contribution in [0.1, 0.15) is 23.7 Å². The summed E-state index contributed by atoms with van der Waals surface area (Å²) in [7, 11) is 4.00. The Kier molecular flexibility index (Phi) is 6.24. The number of hydrogen-bond donors (Lipinski definition) is 2. The average molecular weight is 265 g/mol. The molecule has 3 N–H and O–H groups in total. The lowest BCUT2D eigenvalue weighted by Crippen LogP contribution is -2.37. The monoisotopic (exact) mass is 265 g/mol. The van der Waals surface area contributed by atoms with Gasteiger partial charge in [-0.3, -0.25) is 4.79 Å². The molecule has 0 aliphatic heterocycles. The van der Waals surface area contributed by atoms with Gasteiger partial charge >= 0.3 is 0 Å². The number of carbonyl (C=O) groups excluding carboxylic acids is 1. The number of nitrogens with zero attached hydrogens (tertiary/aromatic N) is 3. The van der Waals surface area contributed by atoms with E-state index in [1.165, 1.54) is 0 Å². The highest BCUT2D eigenvalue weighted by Gasteiger charge is 2.15. The molecule has 0 aliphatic rings. The van der Waals surface area contributed by atoms with Crippen LogP contribution in [-0.2, 0) is 0 Å². The molecule has 0 bridgehead atoms. The van der Waals surface area contributed by atoms with Gasteiger partial charge in [-0.25, -0.2) is 10.8 Å². The Morgan fingerprint density at radius 3 is 2.68 bits per heavy atom. The number of nitrogens with two attached hydrogens (primary N) is 1. The quantitative estimate of drug-likeness (QED) is 0.563. The van der Waals surface area contributed by atoms with Gasteiger partial charge in [-0.15, -0.1) is 0 Å². The number of likely N-dealkylation sites (N-methyl/N-ethyl adjacent to an activating group) is 1. The molecule has 0 atom stereocenters. The van der Waals surface area contributed by atoms with Gasteiger partial charge in [0.2, 0.25) is 0 Å². The fourth-order valence-electron chi connectivity index (χ4n) is 1.73. The lowest BCUT2D eigenvalue weighted by Gasteiger charge is -2.24. The number of anilines is 1. The molecule has 6 heteroatoms. The number of hydrazine groups is 1. The largest absolute Gasteiger partial charge is 0.337 e. The van der Waals surface area contributed by atoms with Crippen molar-refractivity contribution in [3.8, 4) is 0 Å². The van der Waals surface area contributed by atoms with E-state index >= 15 is 0 Å². The van der Waals surface area contributed by atoms with Crippen LogP contribution < -0.4 is 11.3 Å². The lowest BCUT2D eigenvalue weighted by atomic mass is 10.2. The molecule has 0 fully saturated rings. The number of carbonyl (C=O) groups is 1. The minimum Gasteiger partial charge on any atom is -0.337 e. The summed E-state index contributed by atoms with van der Waals surface area (Å²) in [6, 6.07) is 3.38. The van der Waals surface area contributed by atoms with Crippen molar-refractivity contribution in [1.29, 1.82) is 0 Å². The van der Waals surface area contributed by atoms with E-state index in [0.717, 1.165) is 19.5 Å². The Labute approximate surface area is 114 Å². The van der Waals surface area contributed by atoms with Crippen LogP contribution in [0.15, 0.2) is 18.3 Å². The number of hydrogen-bond acceptors (Lipinski definition) is 5. The summed E-state index contributed by atoms with van der Waals surface area (Å²) in [5.74, 6) is 5.82. The predicted molar refractivity (Wildman–Crippen MR) is 76.8 cm³/mol. The highest BCUT2D eigenvalue weighted by atomic mass is 16.2. The zero-order chi connectivity index (χ0) is 14.3. The molecule has 1 rings (SSSR count). The van der Waals surface area contributed by atoms with E-state index in [0.29, 0.717) is 17.9 Å². The summed E-state index contributed by atoms with van der Waals surface area (Å²) in [5, 5.41) is 0. The van der Waals surface area contributed by atoms with Crippen LogP contribution in [0.4, 0.5) is 5.82 Å². The third-order valence-electron chi connectivity index (χ3n) is 2.75. The number of pyridine rings is 1. The first-order chi connectivity index (χ1) is 9.08. The lowest BCUT2D eigenvalue weighted by molar-refractivity contribution is 0.0745. The molecule has 0 spiro atoms. The number of amides is 1. The third kappa shape index (κ3) is 4.84. The summed E-state index contributed by atoms with van der Waals surface area (Å²) >= 11 is 0. The second-order valence-corrected chi connectivity index (χ2v) is 4.67. The molecule has 19 heavy (non-hydrogen) atoms. The van der Waals surface area contributed by atoms with Crippen molar-refractivity contribution < 1.29 is 4.79 Å². The first-order valence-corrected chi connectivity index (χ1v) is 6.45. The minimum absolute atomic E-state index is 0.0163. The molecular weight excluding hydrogens is 242 g/mol. The SMILES string of the molecule is CCCN(CCN(C)C)C(=O)c1ccnc(NN)c1. The summed E-state index contributed by atoms with van der Waals surface area (Å²) in [6.45, 7) is 4.38. The molecule has 1 aromatic rings. The van der Waals surface area contributed by atoms with Gasteiger partial charge in [0, 0.05) is 31.4 Å². The first-order valence-electron chi connectivity index (χ1n) is 6.45. The van der Waals surface area contributed by atoms with E-state index in [2.05, 4.69) is 22.2 Å². The highest BCUT2D eigenvalue weighted by Crippen LogP contribution is 2.09. The van der Waals surface area contributed by atoms with Crippen molar-refractivity contribution in [2.75, 3.05) is 39.2 Å². The van der Waals surface area contributed by atoms with Gasteiger partial charge in [0.15, 0.2) is 0 Å². The normalized spacial score (nSPS) is 10.6. The van der Waals surface area contributed by atoms with E-state index < -0.39 is 0 Å². The Balaban J connectivity index is 2.79. The minimum atomic E-state index is 0.0163. The Hall–Kier alpha value is -1.66. The second kappa shape index (κ2) is 7.70. The van der Waals surface area contributed by atoms with Crippen molar-refractivity contribution in [1.82, 2.24) is 14.8 Å². The summed E-state index contributed by atoms with van der Waals surface area (Å²) in [5.41, 5.74) is 3.06. The molecule has 0 saturated carbocycles. The predicted octanol–water partition coefficient (Wildman–Crippen LogP) is 0.781. The maximum atomic E-state index is 12.4. The molecule has 0 aliphatic carbocycles. The van der Waals surface area contributed by atoms with E-state index in [-0.39, 0.29) is 5.91 Å². The van der Waals surface area contributed by atoms with E-state index in [4.69, 9.17) is 5.84 Å². The van der Waals surface area contributed by atoms with Gasteiger partial charge in [-0.1, -0.05) is 6.92 Å². The Morgan fingerprint density at radius 1 is 1.37 bits per heavy atom. The first kappa shape index (κ1) is 15.4. The second-order valence-electron chi connectivity index (χ2n) is 4.67. The van der Waals surface area contributed by atoms with Crippen molar-refractivity contribution in [3.63, 3.8) is 0 Å². The Bertz CT molecular complexity index is 408. The number of rotatable bonds is 7. The molecule has 0 radical (unpaired) electrons. The van der Waals surface area contributed by atoms with Gasteiger partial charge in [0.1, 0.15) is 5.82 Å². The molecular formula is C13H23N5O. The fourth-order valence-corrected chi connectivity index (χ4v) is 1.73. The van der Waals surface area contributed by atoms with E-state index in [1.807, 2.05) is 19.0 Å². The average Bonchev–Trinajstić information content (AvgIpc) is 2.42. The van der Waals surface area contributed by atoms with Gasteiger partial charge < -0.3 is 15.2 Å². The van der Waals surface area contributed by atoms with Gasteiger partial charge in [0.25, 0.3) is 5.91 Å². The highest BCUT2D eigenvalue weighted by molar-refractivity contribution is 5.94. The van der Waals surface area contributed by atoms with Crippen LogP contribution in [-0.4, -0.2) is 54.4 Å². The van der Waals surface area contributed by atoms with Crippen LogP contribution in [0.5, 0.6) is 0 Å².